The fraction of sp³-hybridized carbons (Fsp3) is 0.500. The van der Waals surface area contributed by atoms with Gasteiger partial charge in [0.15, 0.2) is 0 Å². The van der Waals surface area contributed by atoms with Gasteiger partial charge in [0.1, 0.15) is 11.5 Å². The van der Waals surface area contributed by atoms with Crippen LogP contribution in [0, 0.1) is 0 Å². The largest absolute Gasteiger partial charge is 0.512 e. The van der Waals surface area contributed by atoms with E-state index in [1.807, 2.05) is 45.9 Å². The molecule has 1 aliphatic rings. The number of hydrogen-bond donors (Lipinski definition) is 1. The van der Waals surface area contributed by atoms with Gasteiger partial charge in [0.25, 0.3) is 0 Å². The highest BCUT2D eigenvalue weighted by molar-refractivity contribution is 6.61. The van der Waals surface area contributed by atoms with Crippen molar-refractivity contribution < 1.29 is 18.8 Å². The number of aromatic nitrogens is 1. The molecule has 0 saturated carbocycles. The van der Waals surface area contributed by atoms with Gasteiger partial charge in [-0.25, -0.2) is 0 Å². The Hall–Kier alpha value is -1.66. The summed E-state index contributed by atoms with van der Waals surface area (Å²) >= 11 is 0. The monoisotopic (exact) mass is 303 g/mol. The van der Waals surface area contributed by atoms with Crippen LogP contribution in [0.25, 0.3) is 10.9 Å². The van der Waals surface area contributed by atoms with Crippen LogP contribution in [0.5, 0.6) is 11.5 Å². The molecule has 1 aromatic heterocycles. The van der Waals surface area contributed by atoms with Gasteiger partial charge in [-0.1, -0.05) is 0 Å². The fourth-order valence-corrected chi connectivity index (χ4v) is 2.63. The lowest BCUT2D eigenvalue weighted by Gasteiger charge is -2.32. The van der Waals surface area contributed by atoms with E-state index in [0.717, 1.165) is 28.0 Å². The molecule has 0 radical (unpaired) electrons. The molecule has 22 heavy (non-hydrogen) atoms. The number of nitrogens with one attached hydrogen (secondary N) is 1. The highest BCUT2D eigenvalue weighted by atomic mass is 16.7. The molecule has 0 bridgehead atoms. The van der Waals surface area contributed by atoms with Crippen LogP contribution in [0.2, 0.25) is 0 Å². The van der Waals surface area contributed by atoms with Crippen LogP contribution in [0.3, 0.4) is 0 Å². The molecule has 0 aliphatic carbocycles. The third-order valence-electron chi connectivity index (χ3n) is 4.68. The standard InChI is InChI=1S/C16H22BNO4/c1-15(2)16(3,4)22-17(21-15)13-9-10-11(19-5)7-8-12(20-6)14(10)18-13/h7-9,18H,1-6H3. The molecular formula is C16H22BNO4. The van der Waals surface area contributed by atoms with E-state index in [2.05, 4.69) is 4.98 Å². The van der Waals surface area contributed by atoms with Crippen molar-refractivity contribution in [1.29, 1.82) is 0 Å². The molecule has 2 heterocycles. The average Bonchev–Trinajstić information content (AvgIpc) is 2.97. The topological polar surface area (TPSA) is 52.7 Å². The van der Waals surface area contributed by atoms with Gasteiger partial charge < -0.3 is 23.8 Å². The predicted molar refractivity (Wildman–Crippen MR) is 87.1 cm³/mol. The first kappa shape index (κ1) is 15.2. The summed E-state index contributed by atoms with van der Waals surface area (Å²) in [5.74, 6) is 1.55. The molecular weight excluding hydrogens is 281 g/mol. The lowest BCUT2D eigenvalue weighted by Crippen LogP contribution is -2.41. The van der Waals surface area contributed by atoms with E-state index >= 15 is 0 Å². The minimum atomic E-state index is -0.438. The van der Waals surface area contributed by atoms with Crippen molar-refractivity contribution in [2.45, 2.75) is 38.9 Å². The van der Waals surface area contributed by atoms with Crippen molar-refractivity contribution in [2.75, 3.05) is 14.2 Å². The molecule has 0 atom stereocenters. The van der Waals surface area contributed by atoms with Gasteiger partial charge in [0, 0.05) is 11.0 Å². The first-order valence-corrected chi connectivity index (χ1v) is 7.38. The normalized spacial score (nSPS) is 19.6. The number of rotatable bonds is 3. The number of H-pyrrole nitrogens is 1. The van der Waals surface area contributed by atoms with Gasteiger partial charge >= 0.3 is 7.12 Å². The highest BCUT2D eigenvalue weighted by Gasteiger charge is 2.52. The van der Waals surface area contributed by atoms with Gasteiger partial charge in [-0.3, -0.25) is 0 Å². The molecule has 118 valence electrons. The van der Waals surface area contributed by atoms with Crippen LogP contribution in [0.4, 0.5) is 0 Å². The lowest BCUT2D eigenvalue weighted by molar-refractivity contribution is 0.00578. The van der Waals surface area contributed by atoms with E-state index in [1.54, 1.807) is 14.2 Å². The first-order valence-electron chi connectivity index (χ1n) is 7.38. The molecule has 3 rings (SSSR count). The van der Waals surface area contributed by atoms with Crippen molar-refractivity contribution in [3.63, 3.8) is 0 Å². The number of fused-ring (bicyclic) bond motifs is 1. The van der Waals surface area contributed by atoms with Gasteiger partial charge in [-0.2, -0.15) is 0 Å². The quantitative estimate of drug-likeness (QED) is 0.885. The second kappa shape index (κ2) is 4.93. The lowest BCUT2D eigenvalue weighted by atomic mass is 9.85. The van der Waals surface area contributed by atoms with Crippen LogP contribution in [0.15, 0.2) is 18.2 Å². The number of hydrogen-bond acceptors (Lipinski definition) is 4. The highest BCUT2D eigenvalue weighted by Crippen LogP contribution is 2.37. The summed E-state index contributed by atoms with van der Waals surface area (Å²) < 4.78 is 23.0. The van der Waals surface area contributed by atoms with E-state index in [-0.39, 0.29) is 11.2 Å². The molecule has 1 aliphatic heterocycles. The van der Waals surface area contributed by atoms with Crippen LogP contribution in [-0.4, -0.2) is 37.5 Å². The maximum Gasteiger partial charge on any atom is 0.512 e. The summed E-state index contributed by atoms with van der Waals surface area (Å²) in [4.78, 5) is 3.35. The molecule has 0 spiro atoms. The van der Waals surface area contributed by atoms with E-state index in [0.29, 0.717) is 0 Å². The maximum atomic E-state index is 6.09. The Morgan fingerprint density at radius 3 is 2.05 bits per heavy atom. The van der Waals surface area contributed by atoms with Crippen LogP contribution in [0.1, 0.15) is 27.7 Å². The Bertz CT molecular complexity index is 650. The molecule has 1 aromatic carbocycles. The Morgan fingerprint density at radius 2 is 1.50 bits per heavy atom. The molecule has 2 aromatic rings. The molecule has 1 N–H and O–H groups in total. The minimum Gasteiger partial charge on any atom is -0.496 e. The Balaban J connectivity index is 2.07. The summed E-state index contributed by atoms with van der Waals surface area (Å²) in [5.41, 5.74) is 0.995. The minimum absolute atomic E-state index is 0.372. The summed E-state index contributed by atoms with van der Waals surface area (Å²) in [5, 5.41) is 0.951. The van der Waals surface area contributed by atoms with Gasteiger partial charge in [-0.05, 0) is 45.9 Å². The number of ether oxygens (including phenoxy) is 2. The zero-order chi connectivity index (χ0) is 16.1. The van der Waals surface area contributed by atoms with E-state index < -0.39 is 7.12 Å². The van der Waals surface area contributed by atoms with E-state index in [1.165, 1.54) is 0 Å². The SMILES string of the molecule is COc1ccc(OC)c2[nH]c(B3OC(C)(C)C(C)(C)O3)cc12. The third-order valence-corrected chi connectivity index (χ3v) is 4.68. The number of aromatic amines is 1. The summed E-state index contributed by atoms with van der Waals surface area (Å²) in [6, 6.07) is 5.77. The zero-order valence-corrected chi connectivity index (χ0v) is 13.9. The fourth-order valence-electron chi connectivity index (χ4n) is 2.63. The Morgan fingerprint density at radius 1 is 0.955 bits per heavy atom. The smallest absolute Gasteiger partial charge is 0.496 e. The summed E-state index contributed by atoms with van der Waals surface area (Å²) in [6.45, 7) is 8.15. The Labute approximate surface area is 131 Å². The van der Waals surface area contributed by atoms with Crippen molar-refractivity contribution in [3.05, 3.63) is 18.2 Å². The molecule has 5 nitrogen and oxygen atoms in total. The maximum absolute atomic E-state index is 6.09. The van der Waals surface area contributed by atoms with Crippen molar-refractivity contribution in [3.8, 4) is 11.5 Å². The van der Waals surface area contributed by atoms with Crippen LogP contribution >= 0.6 is 0 Å². The van der Waals surface area contributed by atoms with E-state index in [9.17, 15) is 0 Å². The first-order chi connectivity index (χ1) is 10.3. The van der Waals surface area contributed by atoms with Crippen molar-refractivity contribution in [1.82, 2.24) is 4.98 Å². The van der Waals surface area contributed by atoms with Crippen LogP contribution < -0.4 is 15.1 Å². The second-order valence-corrected chi connectivity index (χ2v) is 6.57. The zero-order valence-electron chi connectivity index (χ0n) is 13.9. The molecule has 6 heteroatoms. The number of benzene rings is 1. The third kappa shape index (κ3) is 2.18. The predicted octanol–water partition coefficient (Wildman–Crippen LogP) is 2.48. The molecule has 0 unspecified atom stereocenters. The van der Waals surface area contributed by atoms with Gasteiger partial charge in [-0.15, -0.1) is 0 Å². The molecule has 0 amide bonds. The second-order valence-electron chi connectivity index (χ2n) is 6.57. The van der Waals surface area contributed by atoms with Gasteiger partial charge in [0.05, 0.1) is 30.9 Å². The summed E-state index contributed by atoms with van der Waals surface area (Å²) in [6.07, 6.45) is 0. The van der Waals surface area contributed by atoms with Crippen molar-refractivity contribution >= 4 is 23.6 Å². The van der Waals surface area contributed by atoms with Gasteiger partial charge in [0.2, 0.25) is 0 Å². The Kier molecular flexibility index (Phi) is 3.42. The molecule has 1 fully saturated rings. The average molecular weight is 303 g/mol. The number of methoxy groups -OCH3 is 2. The van der Waals surface area contributed by atoms with Crippen molar-refractivity contribution in [2.24, 2.45) is 0 Å². The van der Waals surface area contributed by atoms with Crippen LogP contribution in [-0.2, 0) is 9.31 Å². The molecule has 1 saturated heterocycles. The van der Waals surface area contributed by atoms with E-state index in [4.69, 9.17) is 18.8 Å². The summed E-state index contributed by atoms with van der Waals surface area (Å²) in [7, 11) is 2.87.